The first-order valence-corrected chi connectivity index (χ1v) is 7.21. The lowest BCUT2D eigenvalue weighted by atomic mass is 9.95. The summed E-state index contributed by atoms with van der Waals surface area (Å²) in [5, 5.41) is 20.3. The van der Waals surface area contributed by atoms with Crippen LogP contribution >= 0.6 is 0 Å². The Labute approximate surface area is 133 Å². The largest absolute Gasteiger partial charge is 0.512 e. The van der Waals surface area contributed by atoms with Gasteiger partial charge in [0, 0.05) is 22.6 Å². The van der Waals surface area contributed by atoms with Crippen LogP contribution in [0.5, 0.6) is 5.75 Å². The molecule has 0 saturated heterocycles. The molecule has 0 saturated carbocycles. The Balaban J connectivity index is 2.42. The number of fused-ring (bicyclic) bond motifs is 1. The Morgan fingerprint density at radius 3 is 2.35 bits per heavy atom. The van der Waals surface area contributed by atoms with E-state index in [2.05, 4.69) is 0 Å². The van der Waals surface area contributed by atoms with E-state index in [4.69, 9.17) is 4.42 Å². The molecule has 0 aliphatic carbocycles. The van der Waals surface area contributed by atoms with Crippen LogP contribution in [0.1, 0.15) is 19.4 Å². The van der Waals surface area contributed by atoms with Gasteiger partial charge in [0.05, 0.1) is 5.57 Å². The second kappa shape index (κ2) is 5.65. The summed E-state index contributed by atoms with van der Waals surface area (Å²) in [6.45, 7) is 2.88. The van der Waals surface area contributed by atoms with Gasteiger partial charge < -0.3 is 14.6 Å². The molecular weight excluding hydrogens is 292 g/mol. The van der Waals surface area contributed by atoms with Crippen LogP contribution in [-0.4, -0.2) is 16.0 Å². The molecule has 1 aromatic heterocycles. The lowest BCUT2D eigenvalue weighted by Crippen LogP contribution is -2.00. The molecule has 0 amide bonds. The van der Waals surface area contributed by atoms with Gasteiger partial charge in [0.25, 0.3) is 0 Å². The maximum Gasteiger partial charge on any atom is 0.163 e. The van der Waals surface area contributed by atoms with E-state index in [1.54, 1.807) is 6.07 Å². The Morgan fingerprint density at radius 2 is 1.74 bits per heavy atom. The minimum atomic E-state index is -0.252. The number of furan rings is 1. The summed E-state index contributed by atoms with van der Waals surface area (Å²) in [5.41, 5.74) is 2.00. The van der Waals surface area contributed by atoms with Crippen LogP contribution in [0.3, 0.4) is 0 Å². The molecule has 0 radical (unpaired) electrons. The maximum atomic E-state index is 12.1. The van der Waals surface area contributed by atoms with Crippen molar-refractivity contribution >= 4 is 22.3 Å². The van der Waals surface area contributed by atoms with Crippen LogP contribution in [0.4, 0.5) is 0 Å². The number of hydrogen-bond donors (Lipinski definition) is 2. The predicted molar refractivity (Wildman–Crippen MR) is 89.2 cm³/mol. The fourth-order valence-electron chi connectivity index (χ4n) is 2.74. The highest BCUT2D eigenvalue weighted by atomic mass is 16.3. The molecule has 0 spiro atoms. The van der Waals surface area contributed by atoms with Crippen molar-refractivity contribution in [3.63, 3.8) is 0 Å². The predicted octanol–water partition coefficient (Wildman–Crippen LogP) is 4.68. The van der Waals surface area contributed by atoms with Crippen molar-refractivity contribution in [2.45, 2.75) is 13.8 Å². The van der Waals surface area contributed by atoms with Gasteiger partial charge in [-0.3, -0.25) is 4.79 Å². The van der Waals surface area contributed by atoms with Crippen molar-refractivity contribution in [2.24, 2.45) is 0 Å². The smallest absolute Gasteiger partial charge is 0.163 e. The maximum absolute atomic E-state index is 12.1. The molecule has 0 aliphatic rings. The third-order valence-electron chi connectivity index (χ3n) is 3.67. The van der Waals surface area contributed by atoms with Crippen molar-refractivity contribution in [2.75, 3.05) is 0 Å². The Bertz CT molecular complexity index is 913. The average molecular weight is 308 g/mol. The number of carbonyl (C=O) groups excluding carboxylic acids is 1. The van der Waals surface area contributed by atoms with Gasteiger partial charge >= 0.3 is 0 Å². The summed E-state index contributed by atoms with van der Waals surface area (Å²) in [4.78, 5) is 12.1. The topological polar surface area (TPSA) is 70.7 Å². The standard InChI is InChI=1S/C19H16O4/c1-11(20)17(12(2)21)18-15-9-8-14(22)10-16(15)23-19(18)13-6-4-3-5-7-13/h3-10,20,22H,1-2H3. The molecule has 0 unspecified atom stereocenters. The van der Waals surface area contributed by atoms with Gasteiger partial charge in [-0.05, 0) is 26.0 Å². The molecule has 3 rings (SSSR count). The van der Waals surface area contributed by atoms with Crippen LogP contribution in [-0.2, 0) is 4.79 Å². The number of rotatable bonds is 3. The van der Waals surface area contributed by atoms with E-state index in [0.29, 0.717) is 22.3 Å². The Morgan fingerprint density at radius 1 is 1.04 bits per heavy atom. The van der Waals surface area contributed by atoms with E-state index in [1.807, 2.05) is 30.3 Å². The van der Waals surface area contributed by atoms with Crippen molar-refractivity contribution in [1.82, 2.24) is 0 Å². The quantitative estimate of drug-likeness (QED) is 0.544. The number of hydrogen-bond acceptors (Lipinski definition) is 4. The van der Waals surface area contributed by atoms with Crippen LogP contribution in [0, 0.1) is 0 Å². The highest BCUT2D eigenvalue weighted by Gasteiger charge is 2.23. The first kappa shape index (κ1) is 14.9. The molecule has 23 heavy (non-hydrogen) atoms. The van der Waals surface area contributed by atoms with Gasteiger partial charge in [-0.1, -0.05) is 30.3 Å². The van der Waals surface area contributed by atoms with Crippen LogP contribution < -0.4 is 0 Å². The Kier molecular flexibility index (Phi) is 3.66. The van der Waals surface area contributed by atoms with Gasteiger partial charge in [-0.15, -0.1) is 0 Å². The summed E-state index contributed by atoms with van der Waals surface area (Å²) in [5.74, 6) is 0.250. The number of Topliss-reactive ketones (excluding diaryl/α,β-unsaturated/α-hetero) is 1. The van der Waals surface area contributed by atoms with E-state index in [0.717, 1.165) is 5.56 Å². The van der Waals surface area contributed by atoms with E-state index in [9.17, 15) is 15.0 Å². The molecule has 0 atom stereocenters. The molecule has 2 N–H and O–H groups in total. The van der Waals surface area contributed by atoms with E-state index < -0.39 is 0 Å². The number of phenols is 1. The normalized spacial score (nSPS) is 12.3. The second-order valence-electron chi connectivity index (χ2n) is 5.37. The highest BCUT2D eigenvalue weighted by Crippen LogP contribution is 2.40. The average Bonchev–Trinajstić information content (AvgIpc) is 2.86. The third-order valence-corrected chi connectivity index (χ3v) is 3.67. The van der Waals surface area contributed by atoms with Crippen molar-refractivity contribution in [1.29, 1.82) is 0 Å². The number of carbonyl (C=O) groups is 1. The number of aliphatic hydroxyl groups is 1. The molecule has 3 aromatic rings. The molecule has 4 nitrogen and oxygen atoms in total. The SMILES string of the molecule is CC(=O)C(=C(C)O)c1c(-c2ccccc2)oc2cc(O)ccc12. The number of aliphatic hydroxyl groups excluding tert-OH is 1. The van der Waals surface area contributed by atoms with Crippen molar-refractivity contribution in [3.05, 3.63) is 59.9 Å². The van der Waals surface area contributed by atoms with Crippen LogP contribution in [0.2, 0.25) is 0 Å². The minimum Gasteiger partial charge on any atom is -0.512 e. The molecule has 0 fully saturated rings. The Hall–Kier alpha value is -3.01. The minimum absolute atomic E-state index is 0.0644. The summed E-state index contributed by atoms with van der Waals surface area (Å²) >= 11 is 0. The molecule has 116 valence electrons. The number of phenolic OH excluding ortho intramolecular Hbond substituents is 1. The van der Waals surface area contributed by atoms with E-state index in [1.165, 1.54) is 26.0 Å². The van der Waals surface area contributed by atoms with Gasteiger partial charge in [0.15, 0.2) is 5.78 Å². The zero-order chi connectivity index (χ0) is 16.6. The molecule has 4 heteroatoms. The fraction of sp³-hybridized carbons (Fsp3) is 0.105. The lowest BCUT2D eigenvalue weighted by molar-refractivity contribution is -0.111. The number of allylic oxidation sites excluding steroid dienone is 2. The fourth-order valence-corrected chi connectivity index (χ4v) is 2.74. The van der Waals surface area contributed by atoms with Crippen molar-refractivity contribution in [3.8, 4) is 17.1 Å². The van der Waals surface area contributed by atoms with Crippen LogP contribution in [0.25, 0.3) is 27.9 Å². The third kappa shape index (κ3) is 2.59. The lowest BCUT2D eigenvalue weighted by Gasteiger charge is -2.07. The van der Waals surface area contributed by atoms with Gasteiger partial charge in [0.2, 0.25) is 0 Å². The summed E-state index contributed by atoms with van der Waals surface area (Å²) in [6.07, 6.45) is 0. The molecule has 0 bridgehead atoms. The van der Waals surface area contributed by atoms with Gasteiger partial charge in [0.1, 0.15) is 22.9 Å². The van der Waals surface area contributed by atoms with Crippen LogP contribution in [0.15, 0.2) is 58.7 Å². The molecular formula is C19H16O4. The molecule has 2 aromatic carbocycles. The zero-order valence-corrected chi connectivity index (χ0v) is 12.8. The summed E-state index contributed by atoms with van der Waals surface area (Å²) in [6, 6.07) is 14.1. The van der Waals surface area contributed by atoms with Gasteiger partial charge in [-0.25, -0.2) is 0 Å². The zero-order valence-electron chi connectivity index (χ0n) is 12.8. The number of aromatic hydroxyl groups is 1. The van der Waals surface area contributed by atoms with E-state index in [-0.39, 0.29) is 22.9 Å². The first-order chi connectivity index (χ1) is 11.0. The monoisotopic (exact) mass is 308 g/mol. The molecule has 1 heterocycles. The summed E-state index contributed by atoms with van der Waals surface area (Å²) in [7, 11) is 0. The van der Waals surface area contributed by atoms with Crippen molar-refractivity contribution < 1.29 is 19.4 Å². The summed E-state index contributed by atoms with van der Waals surface area (Å²) < 4.78 is 5.89. The number of benzene rings is 2. The van der Waals surface area contributed by atoms with Gasteiger partial charge in [-0.2, -0.15) is 0 Å². The van der Waals surface area contributed by atoms with E-state index >= 15 is 0 Å². The first-order valence-electron chi connectivity index (χ1n) is 7.21. The molecule has 0 aliphatic heterocycles. The number of ketones is 1. The highest BCUT2D eigenvalue weighted by molar-refractivity contribution is 6.25. The second-order valence-corrected chi connectivity index (χ2v) is 5.37.